The van der Waals surface area contributed by atoms with Crippen LogP contribution in [0.1, 0.15) is 33.0 Å². The van der Waals surface area contributed by atoms with Gasteiger partial charge in [0.1, 0.15) is 10.7 Å². The Morgan fingerprint density at radius 3 is 2.48 bits per heavy atom. The lowest BCUT2D eigenvalue weighted by Crippen LogP contribution is -2.33. The molecule has 3 aromatic rings. The van der Waals surface area contributed by atoms with E-state index in [-0.39, 0.29) is 5.56 Å². The molecule has 0 radical (unpaired) electrons. The maximum Gasteiger partial charge on any atom is 0.262 e. The third kappa shape index (κ3) is 4.33. The average molecular weight is 448 g/mol. The Balaban J connectivity index is 2.10. The minimum Gasteiger partial charge on any atom is -0.302 e. The van der Waals surface area contributed by atoms with Gasteiger partial charge in [-0.25, -0.2) is 4.98 Å². The van der Waals surface area contributed by atoms with E-state index < -0.39 is 0 Å². The number of nitrogens with zero attached hydrogens (tertiary/aromatic N) is 3. The molecule has 3 rings (SSSR count). The lowest BCUT2D eigenvalue weighted by molar-refractivity contribution is 0.287. The zero-order valence-corrected chi connectivity index (χ0v) is 18.6. The van der Waals surface area contributed by atoms with Crippen molar-refractivity contribution < 1.29 is 0 Å². The van der Waals surface area contributed by atoms with Crippen LogP contribution >= 0.6 is 27.3 Å². The number of hydrogen-bond donors (Lipinski definition) is 0. The first-order valence-corrected chi connectivity index (χ1v) is 11.2. The van der Waals surface area contributed by atoms with Crippen LogP contribution in [0.3, 0.4) is 0 Å². The van der Waals surface area contributed by atoms with Gasteiger partial charge < -0.3 is 4.90 Å². The molecule has 4 nitrogen and oxygen atoms in total. The van der Waals surface area contributed by atoms with E-state index in [0.717, 1.165) is 64.1 Å². The molecule has 0 saturated heterocycles. The number of fused-ring (bicyclic) bond motifs is 1. The van der Waals surface area contributed by atoms with Crippen molar-refractivity contribution in [3.05, 3.63) is 50.3 Å². The minimum atomic E-state index is 0.0924. The monoisotopic (exact) mass is 447 g/mol. The molecule has 27 heavy (non-hydrogen) atoms. The number of aryl methyl sites for hydroxylation is 1. The summed E-state index contributed by atoms with van der Waals surface area (Å²) in [5, 5.41) is 2.81. The molecule has 0 unspecified atom stereocenters. The standard InChI is InChI=1S/C21H26BrN3OS/c1-4-7-18-23-20-19(21(26)25(18)13-12-24(5-2)6-3)17(14-27-20)15-8-10-16(22)11-9-15/h8-11,14H,4-7,12-13H2,1-3H3. The van der Waals surface area contributed by atoms with Crippen LogP contribution in [-0.2, 0) is 13.0 Å². The van der Waals surface area contributed by atoms with Gasteiger partial charge in [-0.05, 0) is 37.2 Å². The van der Waals surface area contributed by atoms with Crippen LogP contribution < -0.4 is 5.56 Å². The van der Waals surface area contributed by atoms with Gasteiger partial charge in [-0.2, -0.15) is 0 Å². The number of halogens is 1. The Kier molecular flexibility index (Phi) is 6.84. The second-order valence-corrected chi connectivity index (χ2v) is 8.37. The summed E-state index contributed by atoms with van der Waals surface area (Å²) in [6.45, 7) is 9.99. The molecule has 0 fully saturated rings. The molecule has 6 heteroatoms. The van der Waals surface area contributed by atoms with E-state index in [0.29, 0.717) is 6.54 Å². The van der Waals surface area contributed by atoms with Crippen LogP contribution in [0.15, 0.2) is 38.9 Å². The van der Waals surface area contributed by atoms with E-state index in [4.69, 9.17) is 4.98 Å². The van der Waals surface area contributed by atoms with E-state index in [9.17, 15) is 4.79 Å². The summed E-state index contributed by atoms with van der Waals surface area (Å²) in [7, 11) is 0. The molecule has 144 valence electrons. The zero-order valence-electron chi connectivity index (χ0n) is 16.2. The molecule has 0 N–H and O–H groups in total. The van der Waals surface area contributed by atoms with Gasteiger partial charge in [-0.3, -0.25) is 9.36 Å². The summed E-state index contributed by atoms with van der Waals surface area (Å²) in [6.07, 6.45) is 1.81. The smallest absolute Gasteiger partial charge is 0.262 e. The van der Waals surface area contributed by atoms with E-state index >= 15 is 0 Å². The summed E-state index contributed by atoms with van der Waals surface area (Å²) < 4.78 is 2.94. The Hall–Kier alpha value is -1.50. The van der Waals surface area contributed by atoms with Crippen molar-refractivity contribution in [1.29, 1.82) is 0 Å². The van der Waals surface area contributed by atoms with Crippen LogP contribution in [-0.4, -0.2) is 34.1 Å². The normalized spacial score (nSPS) is 11.6. The summed E-state index contributed by atoms with van der Waals surface area (Å²) in [5.41, 5.74) is 2.14. The SMILES string of the molecule is CCCc1nc2scc(-c3ccc(Br)cc3)c2c(=O)n1CCN(CC)CC. The lowest BCUT2D eigenvalue weighted by Gasteiger charge is -2.20. The molecule has 1 aromatic carbocycles. The van der Waals surface area contributed by atoms with Crippen molar-refractivity contribution >= 4 is 37.5 Å². The summed E-state index contributed by atoms with van der Waals surface area (Å²) in [4.78, 5) is 21.5. The highest BCUT2D eigenvalue weighted by molar-refractivity contribution is 9.10. The van der Waals surface area contributed by atoms with Gasteiger partial charge in [0.25, 0.3) is 5.56 Å². The van der Waals surface area contributed by atoms with Crippen LogP contribution in [0.2, 0.25) is 0 Å². The number of benzene rings is 1. The third-order valence-electron chi connectivity index (χ3n) is 4.94. The van der Waals surface area contributed by atoms with Gasteiger partial charge in [-0.15, -0.1) is 11.3 Å². The first kappa shape index (κ1) is 20.2. The average Bonchev–Trinajstić information content (AvgIpc) is 3.09. The van der Waals surface area contributed by atoms with E-state index in [1.807, 2.05) is 28.8 Å². The molecule has 2 aromatic heterocycles. The van der Waals surface area contributed by atoms with Crippen molar-refractivity contribution in [2.45, 2.75) is 40.2 Å². The number of aromatic nitrogens is 2. The van der Waals surface area contributed by atoms with E-state index in [1.54, 1.807) is 11.3 Å². The van der Waals surface area contributed by atoms with Gasteiger partial charge in [0, 0.05) is 34.9 Å². The molecule has 0 aliphatic rings. The Labute approximate surface area is 173 Å². The first-order valence-electron chi connectivity index (χ1n) is 9.58. The van der Waals surface area contributed by atoms with Crippen molar-refractivity contribution in [3.63, 3.8) is 0 Å². The predicted octanol–water partition coefficient (Wildman–Crippen LogP) is 5.18. The highest BCUT2D eigenvalue weighted by atomic mass is 79.9. The van der Waals surface area contributed by atoms with Gasteiger partial charge >= 0.3 is 0 Å². The maximum absolute atomic E-state index is 13.4. The molecule has 0 aliphatic heterocycles. The van der Waals surface area contributed by atoms with E-state index in [1.165, 1.54) is 0 Å². The second-order valence-electron chi connectivity index (χ2n) is 6.60. The van der Waals surface area contributed by atoms with Crippen LogP contribution in [0.25, 0.3) is 21.3 Å². The van der Waals surface area contributed by atoms with Crippen molar-refractivity contribution in [2.75, 3.05) is 19.6 Å². The van der Waals surface area contributed by atoms with E-state index in [2.05, 4.69) is 47.0 Å². The fourth-order valence-corrected chi connectivity index (χ4v) is 4.56. The Morgan fingerprint density at radius 1 is 1.15 bits per heavy atom. The van der Waals surface area contributed by atoms with Crippen molar-refractivity contribution in [3.8, 4) is 11.1 Å². The molecule has 0 aliphatic carbocycles. The lowest BCUT2D eigenvalue weighted by atomic mass is 10.1. The summed E-state index contributed by atoms with van der Waals surface area (Å²) in [5.74, 6) is 0.909. The molecule has 2 heterocycles. The van der Waals surface area contributed by atoms with Gasteiger partial charge in [0.15, 0.2) is 0 Å². The number of likely N-dealkylation sites (N-methyl/N-ethyl adjacent to an activating group) is 1. The van der Waals surface area contributed by atoms with Crippen molar-refractivity contribution in [2.24, 2.45) is 0 Å². The second kappa shape index (κ2) is 9.13. The summed E-state index contributed by atoms with van der Waals surface area (Å²) in [6, 6.07) is 8.11. The predicted molar refractivity (Wildman–Crippen MR) is 119 cm³/mol. The van der Waals surface area contributed by atoms with Gasteiger partial charge in [0.2, 0.25) is 0 Å². The Bertz CT molecular complexity index is 958. The maximum atomic E-state index is 13.4. The first-order chi connectivity index (χ1) is 13.1. The number of thiophene rings is 1. The van der Waals surface area contributed by atoms with Crippen LogP contribution in [0.4, 0.5) is 0 Å². The van der Waals surface area contributed by atoms with Gasteiger partial charge in [-0.1, -0.05) is 48.8 Å². The molecule has 0 spiro atoms. The number of rotatable bonds is 8. The molecular formula is C21H26BrN3OS. The quantitative estimate of drug-likeness (QED) is 0.477. The summed E-state index contributed by atoms with van der Waals surface area (Å²) >= 11 is 5.04. The fraction of sp³-hybridized carbons (Fsp3) is 0.429. The topological polar surface area (TPSA) is 38.1 Å². The van der Waals surface area contributed by atoms with Gasteiger partial charge in [0.05, 0.1) is 5.39 Å². The molecular weight excluding hydrogens is 422 g/mol. The van der Waals surface area contributed by atoms with Crippen LogP contribution in [0.5, 0.6) is 0 Å². The minimum absolute atomic E-state index is 0.0924. The molecule has 0 saturated carbocycles. The van der Waals surface area contributed by atoms with Crippen molar-refractivity contribution in [1.82, 2.24) is 14.5 Å². The largest absolute Gasteiger partial charge is 0.302 e. The molecule has 0 amide bonds. The fourth-order valence-electron chi connectivity index (χ4n) is 3.33. The number of hydrogen-bond acceptors (Lipinski definition) is 4. The third-order valence-corrected chi connectivity index (χ3v) is 6.34. The highest BCUT2D eigenvalue weighted by Crippen LogP contribution is 2.31. The molecule has 0 atom stereocenters. The Morgan fingerprint density at radius 2 is 1.85 bits per heavy atom. The van der Waals surface area contributed by atoms with Crippen LogP contribution in [0, 0.1) is 0 Å². The highest BCUT2D eigenvalue weighted by Gasteiger charge is 2.17. The molecule has 0 bridgehead atoms. The zero-order chi connectivity index (χ0) is 19.4.